The molecule has 100 valence electrons. The SMILES string of the molecule is Cc1cnc(C(C)NCC(=O)N2CCCCC2)o1. The number of aromatic nitrogens is 1. The fourth-order valence-corrected chi connectivity index (χ4v) is 2.16. The zero-order valence-electron chi connectivity index (χ0n) is 11.1. The van der Waals surface area contributed by atoms with Crippen LogP contribution in [0, 0.1) is 6.92 Å². The molecule has 1 aromatic heterocycles. The average Bonchev–Trinajstić information content (AvgIpc) is 2.83. The van der Waals surface area contributed by atoms with Gasteiger partial charge in [0.2, 0.25) is 11.8 Å². The molecule has 18 heavy (non-hydrogen) atoms. The van der Waals surface area contributed by atoms with Crippen LogP contribution in [-0.2, 0) is 4.79 Å². The molecule has 1 atom stereocenters. The quantitative estimate of drug-likeness (QED) is 0.884. The number of aryl methyl sites for hydroxylation is 1. The maximum atomic E-state index is 12.0. The fraction of sp³-hybridized carbons (Fsp3) is 0.692. The Morgan fingerprint density at radius 3 is 2.83 bits per heavy atom. The number of piperidine rings is 1. The lowest BCUT2D eigenvalue weighted by atomic mass is 10.1. The van der Waals surface area contributed by atoms with Crippen molar-refractivity contribution in [3.05, 3.63) is 17.8 Å². The van der Waals surface area contributed by atoms with Crippen molar-refractivity contribution in [3.8, 4) is 0 Å². The van der Waals surface area contributed by atoms with Gasteiger partial charge in [-0.05, 0) is 33.1 Å². The van der Waals surface area contributed by atoms with Crippen LogP contribution in [0.2, 0.25) is 0 Å². The van der Waals surface area contributed by atoms with Gasteiger partial charge in [-0.3, -0.25) is 10.1 Å². The predicted octanol–water partition coefficient (Wildman–Crippen LogP) is 1.65. The first-order valence-electron chi connectivity index (χ1n) is 6.60. The molecule has 1 amide bonds. The van der Waals surface area contributed by atoms with Crippen LogP contribution >= 0.6 is 0 Å². The van der Waals surface area contributed by atoms with E-state index in [1.165, 1.54) is 6.42 Å². The van der Waals surface area contributed by atoms with Crippen molar-refractivity contribution in [3.63, 3.8) is 0 Å². The van der Waals surface area contributed by atoms with Crippen molar-refractivity contribution in [1.82, 2.24) is 15.2 Å². The minimum Gasteiger partial charge on any atom is -0.444 e. The summed E-state index contributed by atoms with van der Waals surface area (Å²) in [5.74, 6) is 1.60. The van der Waals surface area contributed by atoms with E-state index in [4.69, 9.17) is 4.42 Å². The third-order valence-corrected chi connectivity index (χ3v) is 3.28. The molecule has 5 nitrogen and oxygen atoms in total. The summed E-state index contributed by atoms with van der Waals surface area (Å²) in [4.78, 5) is 18.0. The number of hydrogen-bond acceptors (Lipinski definition) is 4. The summed E-state index contributed by atoms with van der Waals surface area (Å²) in [6, 6.07) is -0.0348. The summed E-state index contributed by atoms with van der Waals surface area (Å²) < 4.78 is 5.42. The van der Waals surface area contributed by atoms with E-state index in [-0.39, 0.29) is 11.9 Å². The van der Waals surface area contributed by atoms with E-state index in [1.54, 1.807) is 6.20 Å². The number of nitrogens with one attached hydrogen (secondary N) is 1. The van der Waals surface area contributed by atoms with Crippen molar-refractivity contribution >= 4 is 5.91 Å². The molecule has 0 aliphatic carbocycles. The van der Waals surface area contributed by atoms with Gasteiger partial charge in [0.25, 0.3) is 0 Å². The lowest BCUT2D eigenvalue weighted by molar-refractivity contribution is -0.131. The number of likely N-dealkylation sites (tertiary alicyclic amines) is 1. The van der Waals surface area contributed by atoms with Gasteiger partial charge in [-0.15, -0.1) is 0 Å². The van der Waals surface area contributed by atoms with Crippen molar-refractivity contribution in [2.24, 2.45) is 0 Å². The van der Waals surface area contributed by atoms with Gasteiger partial charge in [0.15, 0.2) is 0 Å². The largest absolute Gasteiger partial charge is 0.444 e. The van der Waals surface area contributed by atoms with Gasteiger partial charge in [-0.25, -0.2) is 4.98 Å². The third-order valence-electron chi connectivity index (χ3n) is 3.28. The highest BCUT2D eigenvalue weighted by atomic mass is 16.4. The van der Waals surface area contributed by atoms with Crippen LogP contribution < -0.4 is 5.32 Å². The number of rotatable bonds is 4. The second kappa shape index (κ2) is 6.00. The van der Waals surface area contributed by atoms with E-state index < -0.39 is 0 Å². The van der Waals surface area contributed by atoms with Crippen molar-refractivity contribution in [1.29, 1.82) is 0 Å². The first-order valence-corrected chi connectivity index (χ1v) is 6.60. The summed E-state index contributed by atoms with van der Waals surface area (Å²) in [6.07, 6.45) is 5.18. The van der Waals surface area contributed by atoms with Gasteiger partial charge in [-0.1, -0.05) is 0 Å². The summed E-state index contributed by atoms with van der Waals surface area (Å²) >= 11 is 0. The molecule has 0 spiro atoms. The molecule has 2 rings (SSSR count). The van der Waals surface area contributed by atoms with Gasteiger partial charge >= 0.3 is 0 Å². The van der Waals surface area contributed by atoms with E-state index in [0.717, 1.165) is 31.7 Å². The van der Waals surface area contributed by atoms with E-state index in [2.05, 4.69) is 10.3 Å². The monoisotopic (exact) mass is 251 g/mol. The molecule has 1 aliphatic rings. The fourth-order valence-electron chi connectivity index (χ4n) is 2.16. The highest BCUT2D eigenvalue weighted by Crippen LogP contribution is 2.12. The number of carbonyl (C=O) groups is 1. The maximum absolute atomic E-state index is 12.0. The molecular weight excluding hydrogens is 230 g/mol. The number of hydrogen-bond donors (Lipinski definition) is 1. The molecule has 1 aliphatic heterocycles. The molecular formula is C13H21N3O2. The van der Waals surface area contributed by atoms with Crippen LogP contribution in [0.1, 0.15) is 43.9 Å². The Hall–Kier alpha value is -1.36. The predicted molar refractivity (Wildman–Crippen MR) is 68.1 cm³/mol. The van der Waals surface area contributed by atoms with E-state index in [0.29, 0.717) is 12.4 Å². The minimum atomic E-state index is -0.0348. The summed E-state index contributed by atoms with van der Waals surface area (Å²) in [7, 11) is 0. The molecule has 1 aromatic rings. The lowest BCUT2D eigenvalue weighted by Crippen LogP contribution is -2.41. The van der Waals surface area contributed by atoms with Gasteiger partial charge in [0, 0.05) is 13.1 Å². The summed E-state index contributed by atoms with van der Waals surface area (Å²) in [6.45, 7) is 5.96. The Bertz CT molecular complexity index is 397. The molecule has 0 radical (unpaired) electrons. The van der Waals surface area contributed by atoms with Gasteiger partial charge in [0.1, 0.15) is 5.76 Å². The summed E-state index contributed by atoms with van der Waals surface area (Å²) in [5, 5.41) is 3.16. The second-order valence-corrected chi connectivity index (χ2v) is 4.85. The Morgan fingerprint density at radius 1 is 1.50 bits per heavy atom. The van der Waals surface area contributed by atoms with Gasteiger partial charge in [0.05, 0.1) is 18.8 Å². The van der Waals surface area contributed by atoms with Gasteiger partial charge < -0.3 is 9.32 Å². The van der Waals surface area contributed by atoms with Crippen LogP contribution in [0.25, 0.3) is 0 Å². The second-order valence-electron chi connectivity index (χ2n) is 4.85. The van der Waals surface area contributed by atoms with Crippen molar-refractivity contribution in [2.45, 2.75) is 39.2 Å². The van der Waals surface area contributed by atoms with Crippen LogP contribution in [0.5, 0.6) is 0 Å². The highest BCUT2D eigenvalue weighted by Gasteiger charge is 2.18. The zero-order valence-corrected chi connectivity index (χ0v) is 11.1. The van der Waals surface area contributed by atoms with Crippen LogP contribution in [0.15, 0.2) is 10.6 Å². The highest BCUT2D eigenvalue weighted by molar-refractivity contribution is 5.78. The van der Waals surface area contributed by atoms with Crippen LogP contribution in [0.3, 0.4) is 0 Å². The molecule has 1 fully saturated rings. The lowest BCUT2D eigenvalue weighted by Gasteiger charge is -2.27. The molecule has 5 heteroatoms. The Balaban J connectivity index is 1.78. The molecule has 1 unspecified atom stereocenters. The Morgan fingerprint density at radius 2 is 2.22 bits per heavy atom. The Kier molecular flexibility index (Phi) is 4.36. The maximum Gasteiger partial charge on any atom is 0.236 e. The number of nitrogens with zero attached hydrogens (tertiary/aromatic N) is 2. The molecule has 0 bridgehead atoms. The van der Waals surface area contributed by atoms with Crippen LogP contribution in [0.4, 0.5) is 0 Å². The number of carbonyl (C=O) groups excluding carboxylic acids is 1. The first kappa shape index (κ1) is 13.1. The first-order chi connectivity index (χ1) is 8.66. The minimum absolute atomic E-state index is 0.0348. The zero-order chi connectivity index (χ0) is 13.0. The number of amides is 1. The van der Waals surface area contributed by atoms with Crippen molar-refractivity contribution in [2.75, 3.05) is 19.6 Å². The normalized spacial score (nSPS) is 17.8. The smallest absolute Gasteiger partial charge is 0.236 e. The summed E-state index contributed by atoms with van der Waals surface area (Å²) in [5.41, 5.74) is 0. The molecule has 1 N–H and O–H groups in total. The topological polar surface area (TPSA) is 58.4 Å². The van der Waals surface area contributed by atoms with E-state index in [1.807, 2.05) is 18.7 Å². The van der Waals surface area contributed by atoms with Crippen molar-refractivity contribution < 1.29 is 9.21 Å². The standard InChI is InChI=1S/C13H21N3O2/c1-10-8-15-13(18-10)11(2)14-9-12(17)16-6-4-3-5-7-16/h8,11,14H,3-7,9H2,1-2H3. The third kappa shape index (κ3) is 3.32. The molecule has 0 saturated carbocycles. The number of oxazole rings is 1. The van der Waals surface area contributed by atoms with Crippen LogP contribution in [-0.4, -0.2) is 35.4 Å². The Labute approximate surface area is 108 Å². The van der Waals surface area contributed by atoms with E-state index in [9.17, 15) is 4.79 Å². The van der Waals surface area contributed by atoms with E-state index >= 15 is 0 Å². The van der Waals surface area contributed by atoms with Gasteiger partial charge in [-0.2, -0.15) is 0 Å². The molecule has 2 heterocycles. The molecule has 0 aromatic carbocycles. The average molecular weight is 251 g/mol. The molecule has 1 saturated heterocycles.